The first-order valence-electron chi connectivity index (χ1n) is 9.98. The molecular formula is C21H21F3N2O5S. The predicted molar refractivity (Wildman–Crippen MR) is 108 cm³/mol. The molecule has 1 aromatic carbocycles. The van der Waals surface area contributed by atoms with Gasteiger partial charge in [-0.25, -0.2) is 13.4 Å². The van der Waals surface area contributed by atoms with E-state index < -0.39 is 27.3 Å². The minimum Gasteiger partial charge on any atom is -0.489 e. The molecule has 0 atom stereocenters. The molecule has 2 fully saturated rings. The van der Waals surface area contributed by atoms with Crippen LogP contribution >= 0.6 is 0 Å². The fourth-order valence-electron chi connectivity index (χ4n) is 3.94. The van der Waals surface area contributed by atoms with Crippen LogP contribution in [0.15, 0.2) is 42.6 Å². The summed E-state index contributed by atoms with van der Waals surface area (Å²) in [5, 5.41) is 10.4. The number of pyridine rings is 1. The highest BCUT2D eigenvalue weighted by Gasteiger charge is 2.48. The number of rotatable bonds is 4. The number of halogens is 3. The number of ether oxygens (including phenoxy) is 1. The van der Waals surface area contributed by atoms with Gasteiger partial charge in [0.2, 0.25) is 0 Å². The van der Waals surface area contributed by atoms with Crippen LogP contribution in [0, 0.1) is 0 Å². The van der Waals surface area contributed by atoms with Crippen LogP contribution in [0.1, 0.15) is 34.5 Å². The Morgan fingerprint density at radius 2 is 1.72 bits per heavy atom. The van der Waals surface area contributed by atoms with E-state index in [1.165, 1.54) is 6.07 Å². The minimum atomic E-state index is -4.50. The Hall–Kier alpha value is -2.66. The number of alkyl halides is 3. The number of amides is 1. The number of benzene rings is 1. The molecule has 32 heavy (non-hydrogen) atoms. The maximum Gasteiger partial charge on any atom is 0.433 e. The molecule has 7 nitrogen and oxygen atoms in total. The largest absolute Gasteiger partial charge is 0.489 e. The first-order valence-corrected chi connectivity index (χ1v) is 11.8. The van der Waals surface area contributed by atoms with Gasteiger partial charge in [0.05, 0.1) is 17.7 Å². The van der Waals surface area contributed by atoms with Crippen molar-refractivity contribution in [1.29, 1.82) is 0 Å². The summed E-state index contributed by atoms with van der Waals surface area (Å²) < 4.78 is 66.2. The molecule has 0 unspecified atom stereocenters. The second kappa shape index (κ2) is 8.04. The summed E-state index contributed by atoms with van der Waals surface area (Å²) in [5.41, 5.74) is -1.50. The summed E-state index contributed by atoms with van der Waals surface area (Å²) in [6.45, 7) is 0.836. The van der Waals surface area contributed by atoms with Crippen molar-refractivity contribution in [3.8, 4) is 5.75 Å². The van der Waals surface area contributed by atoms with Gasteiger partial charge in [0.15, 0.2) is 9.84 Å². The lowest BCUT2D eigenvalue weighted by Gasteiger charge is -2.36. The molecule has 1 amide bonds. The second-order valence-corrected chi connectivity index (χ2v) is 10.2. The number of sulfone groups is 1. The van der Waals surface area contributed by atoms with E-state index in [0.29, 0.717) is 37.1 Å². The number of nitrogens with zero attached hydrogens (tertiary/aromatic N) is 2. The molecule has 0 spiro atoms. The monoisotopic (exact) mass is 470 g/mol. The quantitative estimate of drug-likeness (QED) is 0.737. The fourth-order valence-corrected chi connectivity index (χ4v) is 5.65. The Morgan fingerprint density at radius 1 is 1.09 bits per heavy atom. The van der Waals surface area contributed by atoms with Crippen molar-refractivity contribution in [2.24, 2.45) is 0 Å². The molecule has 2 aromatic rings. The highest BCUT2D eigenvalue weighted by molar-refractivity contribution is 7.92. The Labute approximate surface area is 182 Å². The van der Waals surface area contributed by atoms with Crippen LogP contribution in [0.5, 0.6) is 5.75 Å². The third-order valence-electron chi connectivity index (χ3n) is 5.65. The zero-order valence-electron chi connectivity index (χ0n) is 16.9. The lowest BCUT2D eigenvalue weighted by atomic mass is 9.95. The predicted octanol–water partition coefficient (Wildman–Crippen LogP) is 2.40. The van der Waals surface area contributed by atoms with Crippen LogP contribution in [0.3, 0.4) is 0 Å². The summed E-state index contributed by atoms with van der Waals surface area (Å²) >= 11 is 0. The van der Waals surface area contributed by atoms with Gasteiger partial charge in [-0.15, -0.1) is 0 Å². The molecule has 2 aliphatic rings. The summed E-state index contributed by atoms with van der Waals surface area (Å²) in [7, 11) is -3.21. The Kier molecular flexibility index (Phi) is 5.66. The van der Waals surface area contributed by atoms with Crippen LogP contribution in [-0.2, 0) is 21.6 Å². The number of likely N-dealkylation sites (tertiary alicyclic amines) is 1. The molecular weight excluding hydrogens is 449 g/mol. The van der Waals surface area contributed by atoms with Crippen LogP contribution in [0.25, 0.3) is 0 Å². The lowest BCUT2D eigenvalue weighted by Crippen LogP contribution is -2.52. The zero-order chi connectivity index (χ0) is 23.1. The first kappa shape index (κ1) is 22.5. The fraction of sp³-hybridized carbons (Fsp3) is 0.429. The van der Waals surface area contributed by atoms with Gasteiger partial charge in [0, 0.05) is 31.5 Å². The van der Waals surface area contributed by atoms with E-state index in [0.717, 1.165) is 12.3 Å². The van der Waals surface area contributed by atoms with Crippen LogP contribution < -0.4 is 4.74 Å². The van der Waals surface area contributed by atoms with Crippen molar-refractivity contribution < 1.29 is 36.2 Å². The smallest absolute Gasteiger partial charge is 0.433 e. The number of aliphatic hydroxyl groups is 1. The van der Waals surface area contributed by atoms with E-state index in [1.807, 2.05) is 0 Å². The first-order chi connectivity index (χ1) is 15.0. The summed E-state index contributed by atoms with van der Waals surface area (Å²) in [6.07, 6.45) is -2.67. The molecule has 0 saturated carbocycles. The Bertz CT molecular complexity index is 1080. The van der Waals surface area contributed by atoms with Crippen molar-refractivity contribution in [3.05, 3.63) is 59.4 Å². The molecule has 3 heterocycles. The number of carbonyl (C=O) groups is 1. The van der Waals surface area contributed by atoms with Gasteiger partial charge in [-0.2, -0.15) is 13.2 Å². The van der Waals surface area contributed by atoms with E-state index in [2.05, 4.69) is 4.98 Å². The normalized spacial score (nSPS) is 20.4. The van der Waals surface area contributed by atoms with Crippen molar-refractivity contribution in [2.75, 3.05) is 24.6 Å². The average Bonchev–Trinajstić information content (AvgIpc) is 2.72. The van der Waals surface area contributed by atoms with Crippen LogP contribution in [0.2, 0.25) is 0 Å². The van der Waals surface area contributed by atoms with Crippen molar-refractivity contribution in [3.63, 3.8) is 0 Å². The number of hydrogen-bond donors (Lipinski definition) is 1. The molecule has 2 aliphatic heterocycles. The molecule has 172 valence electrons. The molecule has 11 heteroatoms. The molecule has 4 rings (SSSR count). The molecule has 0 bridgehead atoms. The lowest BCUT2D eigenvalue weighted by molar-refractivity contribution is -0.141. The van der Waals surface area contributed by atoms with E-state index in [1.54, 1.807) is 29.2 Å². The topological polar surface area (TPSA) is 96.8 Å². The highest BCUT2D eigenvalue weighted by atomic mass is 32.2. The highest BCUT2D eigenvalue weighted by Crippen LogP contribution is 2.34. The SMILES string of the molecule is O=C(c1ccc(C2(O)CS(=O)(=O)C2)cc1)N1CCC(Oc2ccc(C(F)(F)F)nc2)CC1. The van der Waals surface area contributed by atoms with Gasteiger partial charge in [-0.1, -0.05) is 12.1 Å². The van der Waals surface area contributed by atoms with Gasteiger partial charge < -0.3 is 14.7 Å². The van der Waals surface area contributed by atoms with Crippen LogP contribution in [-0.4, -0.2) is 60.0 Å². The van der Waals surface area contributed by atoms with Crippen molar-refractivity contribution in [2.45, 2.75) is 30.7 Å². The van der Waals surface area contributed by atoms with Crippen molar-refractivity contribution in [1.82, 2.24) is 9.88 Å². The summed E-state index contributed by atoms with van der Waals surface area (Å²) in [5.74, 6) is -0.599. The molecule has 0 radical (unpaired) electrons. The maximum absolute atomic E-state index is 12.8. The second-order valence-electron chi connectivity index (χ2n) is 8.13. The third-order valence-corrected chi connectivity index (χ3v) is 7.48. The standard InChI is InChI=1S/C21H21F3N2O5S/c22-21(23,24)18-6-5-17(11-25-18)31-16-7-9-26(10-8-16)19(27)14-1-3-15(4-2-14)20(28)12-32(29,30)13-20/h1-6,11,16,28H,7-10,12-13H2. The molecule has 1 aromatic heterocycles. The van der Waals surface area contributed by atoms with Gasteiger partial charge in [0.1, 0.15) is 23.1 Å². The van der Waals surface area contributed by atoms with E-state index in [9.17, 15) is 31.5 Å². The third kappa shape index (κ3) is 4.73. The van der Waals surface area contributed by atoms with Crippen LogP contribution in [0.4, 0.5) is 13.2 Å². The average molecular weight is 470 g/mol. The maximum atomic E-state index is 12.8. The number of piperidine rings is 1. The zero-order valence-corrected chi connectivity index (χ0v) is 17.7. The van der Waals surface area contributed by atoms with Gasteiger partial charge in [0.25, 0.3) is 5.91 Å². The summed E-state index contributed by atoms with van der Waals surface area (Å²) in [4.78, 5) is 17.8. The van der Waals surface area contributed by atoms with E-state index in [-0.39, 0.29) is 29.3 Å². The Balaban J connectivity index is 1.31. The number of hydrogen-bond acceptors (Lipinski definition) is 6. The summed E-state index contributed by atoms with van der Waals surface area (Å²) in [6, 6.07) is 8.36. The van der Waals surface area contributed by atoms with Gasteiger partial charge >= 0.3 is 6.18 Å². The van der Waals surface area contributed by atoms with Gasteiger partial charge in [-0.3, -0.25) is 4.79 Å². The molecule has 2 saturated heterocycles. The number of carbonyl (C=O) groups excluding carboxylic acids is 1. The Morgan fingerprint density at radius 3 is 2.22 bits per heavy atom. The molecule has 0 aliphatic carbocycles. The minimum absolute atomic E-state index is 0.195. The van der Waals surface area contributed by atoms with E-state index in [4.69, 9.17) is 4.74 Å². The number of aromatic nitrogens is 1. The van der Waals surface area contributed by atoms with E-state index >= 15 is 0 Å². The van der Waals surface area contributed by atoms with Gasteiger partial charge in [-0.05, 0) is 29.8 Å². The molecule has 1 N–H and O–H groups in total. The van der Waals surface area contributed by atoms with Crippen molar-refractivity contribution >= 4 is 15.7 Å².